The second-order valence-electron chi connectivity index (χ2n) is 5.41. The highest BCUT2D eigenvalue weighted by atomic mass is 35.5. The van der Waals surface area contributed by atoms with E-state index in [0.717, 1.165) is 19.3 Å². The van der Waals surface area contributed by atoms with Gasteiger partial charge in [0.15, 0.2) is 6.10 Å². The minimum Gasteiger partial charge on any atom is -0.479 e. The second kappa shape index (κ2) is 7.34. The zero-order chi connectivity index (χ0) is 15.4. The summed E-state index contributed by atoms with van der Waals surface area (Å²) in [7, 11) is 0. The van der Waals surface area contributed by atoms with E-state index in [4.69, 9.17) is 27.9 Å². The predicted octanol–water partition coefficient (Wildman–Crippen LogP) is 3.04. The van der Waals surface area contributed by atoms with E-state index < -0.39 is 6.10 Å². The first-order chi connectivity index (χ1) is 9.95. The van der Waals surface area contributed by atoms with E-state index >= 15 is 0 Å². The molecule has 3 atom stereocenters. The molecule has 0 saturated heterocycles. The Kier molecular flexibility index (Phi) is 5.73. The van der Waals surface area contributed by atoms with E-state index in [0.29, 0.717) is 28.3 Å². The van der Waals surface area contributed by atoms with Crippen molar-refractivity contribution in [2.45, 2.75) is 38.4 Å². The molecule has 116 valence electrons. The number of aliphatic hydroxyl groups excluding tert-OH is 1. The molecule has 0 aliphatic heterocycles. The molecule has 2 rings (SSSR count). The molecule has 0 spiro atoms. The number of ether oxygens (including phenoxy) is 1. The molecule has 6 heteroatoms. The summed E-state index contributed by atoms with van der Waals surface area (Å²) in [5.74, 6) is 0.581. The van der Waals surface area contributed by atoms with Gasteiger partial charge in [-0.1, -0.05) is 23.2 Å². The first-order valence-corrected chi connectivity index (χ1v) is 7.78. The van der Waals surface area contributed by atoms with Gasteiger partial charge in [-0.3, -0.25) is 4.79 Å². The fourth-order valence-corrected chi connectivity index (χ4v) is 2.89. The Balaban J connectivity index is 1.82. The van der Waals surface area contributed by atoms with Gasteiger partial charge in [0, 0.05) is 11.6 Å². The first-order valence-electron chi connectivity index (χ1n) is 7.03. The fraction of sp³-hybridized carbons (Fsp3) is 0.533. The fourth-order valence-electron chi connectivity index (χ4n) is 2.44. The third-order valence-corrected chi connectivity index (χ3v) is 4.18. The second-order valence-corrected chi connectivity index (χ2v) is 6.26. The van der Waals surface area contributed by atoms with Gasteiger partial charge in [-0.25, -0.2) is 0 Å². The van der Waals surface area contributed by atoms with Gasteiger partial charge in [-0.15, -0.1) is 0 Å². The largest absolute Gasteiger partial charge is 0.479 e. The highest BCUT2D eigenvalue weighted by Gasteiger charge is 2.24. The van der Waals surface area contributed by atoms with Gasteiger partial charge in [0.25, 0.3) is 5.91 Å². The summed E-state index contributed by atoms with van der Waals surface area (Å²) >= 11 is 11.8. The number of benzene rings is 1. The van der Waals surface area contributed by atoms with Crippen molar-refractivity contribution in [3.05, 3.63) is 28.2 Å². The summed E-state index contributed by atoms with van der Waals surface area (Å²) in [5.41, 5.74) is 0. The van der Waals surface area contributed by atoms with Crippen molar-refractivity contribution in [2.75, 3.05) is 6.54 Å². The number of hydrogen-bond donors (Lipinski definition) is 2. The van der Waals surface area contributed by atoms with Crippen LogP contribution in [-0.2, 0) is 4.79 Å². The highest BCUT2D eigenvalue weighted by molar-refractivity contribution is 6.35. The van der Waals surface area contributed by atoms with Gasteiger partial charge >= 0.3 is 0 Å². The topological polar surface area (TPSA) is 58.6 Å². The van der Waals surface area contributed by atoms with Gasteiger partial charge < -0.3 is 15.2 Å². The van der Waals surface area contributed by atoms with Crippen molar-refractivity contribution in [2.24, 2.45) is 5.92 Å². The molecule has 4 nitrogen and oxygen atoms in total. The summed E-state index contributed by atoms with van der Waals surface area (Å²) in [6.45, 7) is 2.24. The van der Waals surface area contributed by atoms with Crippen molar-refractivity contribution in [3.8, 4) is 5.75 Å². The number of nitrogens with one attached hydrogen (secondary N) is 1. The number of amides is 1. The minimum absolute atomic E-state index is 0.192. The van der Waals surface area contributed by atoms with Crippen molar-refractivity contribution >= 4 is 29.1 Å². The Hall–Kier alpha value is -0.970. The normalized spacial score (nSPS) is 22.9. The van der Waals surface area contributed by atoms with Crippen LogP contribution in [0.2, 0.25) is 10.0 Å². The van der Waals surface area contributed by atoms with Gasteiger partial charge in [0.1, 0.15) is 5.75 Å². The van der Waals surface area contributed by atoms with E-state index in [9.17, 15) is 9.90 Å². The first kappa shape index (κ1) is 16.4. The molecule has 1 amide bonds. The van der Waals surface area contributed by atoms with E-state index in [-0.39, 0.29) is 12.0 Å². The average Bonchev–Trinajstić information content (AvgIpc) is 2.85. The molecule has 1 aliphatic carbocycles. The van der Waals surface area contributed by atoms with Crippen LogP contribution in [0.3, 0.4) is 0 Å². The number of aliphatic hydroxyl groups is 1. The van der Waals surface area contributed by atoms with Crippen LogP contribution in [0.4, 0.5) is 0 Å². The lowest BCUT2D eigenvalue weighted by molar-refractivity contribution is -0.127. The lowest BCUT2D eigenvalue weighted by atomic mass is 10.1. The maximum atomic E-state index is 12.0. The van der Waals surface area contributed by atoms with Crippen molar-refractivity contribution < 1.29 is 14.6 Å². The molecule has 0 bridgehead atoms. The number of rotatable bonds is 5. The number of carbonyl (C=O) groups is 1. The van der Waals surface area contributed by atoms with Gasteiger partial charge in [-0.2, -0.15) is 0 Å². The van der Waals surface area contributed by atoms with Gasteiger partial charge in [-0.05, 0) is 50.3 Å². The summed E-state index contributed by atoms with van der Waals surface area (Å²) in [5, 5.41) is 13.2. The summed E-state index contributed by atoms with van der Waals surface area (Å²) in [6.07, 6.45) is 1.63. The lowest BCUT2D eigenvalue weighted by Crippen LogP contribution is -2.38. The lowest BCUT2D eigenvalue weighted by Gasteiger charge is -2.17. The Bertz CT molecular complexity index is 510. The summed E-state index contributed by atoms with van der Waals surface area (Å²) in [6, 6.07) is 4.87. The quantitative estimate of drug-likeness (QED) is 0.871. The van der Waals surface area contributed by atoms with Crippen LogP contribution in [-0.4, -0.2) is 29.8 Å². The van der Waals surface area contributed by atoms with Crippen molar-refractivity contribution in [1.82, 2.24) is 5.32 Å². The third-order valence-electron chi connectivity index (χ3n) is 3.65. The Morgan fingerprint density at radius 2 is 2.24 bits per heavy atom. The SMILES string of the molecule is CC(Oc1ccc(Cl)cc1Cl)C(=O)NCC1CCC(O)C1. The predicted molar refractivity (Wildman–Crippen MR) is 82.9 cm³/mol. The van der Waals surface area contributed by atoms with E-state index in [1.54, 1.807) is 25.1 Å². The molecule has 1 aromatic rings. The number of hydrogen-bond acceptors (Lipinski definition) is 3. The number of halogens is 2. The summed E-state index contributed by atoms with van der Waals surface area (Å²) in [4.78, 5) is 12.0. The number of carbonyl (C=O) groups excluding carboxylic acids is 1. The minimum atomic E-state index is -0.644. The zero-order valence-electron chi connectivity index (χ0n) is 11.8. The molecule has 0 heterocycles. The maximum Gasteiger partial charge on any atom is 0.260 e. The van der Waals surface area contributed by atoms with Gasteiger partial charge in [0.05, 0.1) is 11.1 Å². The molecule has 3 unspecified atom stereocenters. The average molecular weight is 332 g/mol. The van der Waals surface area contributed by atoms with Crippen LogP contribution < -0.4 is 10.1 Å². The van der Waals surface area contributed by atoms with Crippen LogP contribution in [0, 0.1) is 5.92 Å². The Morgan fingerprint density at radius 1 is 1.48 bits per heavy atom. The zero-order valence-corrected chi connectivity index (χ0v) is 13.3. The molecular weight excluding hydrogens is 313 g/mol. The third kappa shape index (κ3) is 4.77. The van der Waals surface area contributed by atoms with Crippen LogP contribution in [0.1, 0.15) is 26.2 Å². The Morgan fingerprint density at radius 3 is 2.86 bits per heavy atom. The molecule has 1 aromatic carbocycles. The smallest absolute Gasteiger partial charge is 0.260 e. The molecule has 1 fully saturated rings. The van der Waals surface area contributed by atoms with Crippen LogP contribution in [0.15, 0.2) is 18.2 Å². The van der Waals surface area contributed by atoms with Gasteiger partial charge in [0.2, 0.25) is 0 Å². The van der Waals surface area contributed by atoms with E-state index in [1.807, 2.05) is 0 Å². The molecular formula is C15H19Cl2NO3. The molecule has 1 aliphatic rings. The monoisotopic (exact) mass is 331 g/mol. The van der Waals surface area contributed by atoms with Crippen LogP contribution >= 0.6 is 23.2 Å². The standard InChI is InChI=1S/C15H19Cl2NO3/c1-9(21-14-5-3-11(16)7-13(14)17)15(20)18-8-10-2-4-12(19)6-10/h3,5,7,9-10,12,19H,2,4,6,8H2,1H3,(H,18,20). The van der Waals surface area contributed by atoms with Crippen molar-refractivity contribution in [1.29, 1.82) is 0 Å². The van der Waals surface area contributed by atoms with Crippen LogP contribution in [0.5, 0.6) is 5.75 Å². The molecule has 1 saturated carbocycles. The van der Waals surface area contributed by atoms with Crippen LogP contribution in [0.25, 0.3) is 0 Å². The molecule has 0 aromatic heterocycles. The molecule has 0 radical (unpaired) electrons. The molecule has 21 heavy (non-hydrogen) atoms. The highest BCUT2D eigenvalue weighted by Crippen LogP contribution is 2.28. The Labute approximate surface area is 134 Å². The van der Waals surface area contributed by atoms with Crippen molar-refractivity contribution in [3.63, 3.8) is 0 Å². The maximum absolute atomic E-state index is 12.0. The summed E-state index contributed by atoms with van der Waals surface area (Å²) < 4.78 is 5.55. The van der Waals surface area contributed by atoms with E-state index in [1.165, 1.54) is 0 Å². The van der Waals surface area contributed by atoms with E-state index in [2.05, 4.69) is 5.32 Å². The molecule has 2 N–H and O–H groups in total.